The Morgan fingerprint density at radius 2 is 2.14 bits per heavy atom. The van der Waals surface area contributed by atoms with Gasteiger partial charge in [-0.3, -0.25) is 9.78 Å². The molecule has 0 spiro atoms. The first-order valence-electron chi connectivity index (χ1n) is 6.45. The van der Waals surface area contributed by atoms with Gasteiger partial charge in [0.15, 0.2) is 6.61 Å². The van der Waals surface area contributed by atoms with Crippen molar-refractivity contribution in [2.45, 2.75) is 6.54 Å². The van der Waals surface area contributed by atoms with Gasteiger partial charge in [0.05, 0.1) is 5.56 Å². The molecule has 0 aliphatic heterocycles. The highest BCUT2D eigenvalue weighted by molar-refractivity contribution is 5.77. The number of para-hydroxylation sites is 1. The molecule has 0 bridgehead atoms. The minimum absolute atomic E-state index is 0.102. The number of amides is 1. The van der Waals surface area contributed by atoms with Crippen LogP contribution in [0.4, 0.5) is 0 Å². The average Bonchev–Trinajstić information content (AvgIpc) is 2.53. The van der Waals surface area contributed by atoms with Crippen LogP contribution in [-0.4, -0.2) is 29.4 Å². The maximum Gasteiger partial charge on any atom is 0.260 e. The quantitative estimate of drug-likeness (QED) is 0.840. The van der Waals surface area contributed by atoms with E-state index in [0.717, 1.165) is 5.56 Å². The Labute approximate surface area is 123 Å². The predicted molar refractivity (Wildman–Crippen MR) is 77.4 cm³/mol. The minimum Gasteiger partial charge on any atom is -0.482 e. The van der Waals surface area contributed by atoms with Gasteiger partial charge >= 0.3 is 0 Å². The summed E-state index contributed by atoms with van der Waals surface area (Å²) in [5.41, 5.74) is 1.37. The number of carbonyl (C=O) groups excluding carboxylic acids is 1. The Morgan fingerprint density at radius 3 is 2.86 bits per heavy atom. The number of nitrogens with zero attached hydrogens (tertiary/aromatic N) is 3. The predicted octanol–water partition coefficient (Wildman–Crippen LogP) is 1.99. The molecule has 2 rings (SSSR count). The number of hydrogen-bond acceptors (Lipinski definition) is 4. The topological polar surface area (TPSA) is 66.2 Å². The second-order valence-corrected chi connectivity index (χ2v) is 4.51. The molecule has 0 unspecified atom stereocenters. The number of hydrogen-bond donors (Lipinski definition) is 0. The second-order valence-electron chi connectivity index (χ2n) is 4.51. The Hall–Kier alpha value is -2.87. The van der Waals surface area contributed by atoms with Crippen molar-refractivity contribution >= 4 is 5.91 Å². The van der Waals surface area contributed by atoms with Crippen molar-refractivity contribution < 1.29 is 9.53 Å². The van der Waals surface area contributed by atoms with Crippen molar-refractivity contribution in [3.63, 3.8) is 0 Å². The smallest absolute Gasteiger partial charge is 0.260 e. The number of ether oxygens (including phenoxy) is 1. The number of nitriles is 1. The summed E-state index contributed by atoms with van der Waals surface area (Å²) in [6.07, 6.45) is 3.41. The van der Waals surface area contributed by atoms with E-state index in [9.17, 15) is 4.79 Å². The van der Waals surface area contributed by atoms with Gasteiger partial charge in [0.2, 0.25) is 0 Å². The van der Waals surface area contributed by atoms with Crippen LogP contribution in [0.5, 0.6) is 5.75 Å². The van der Waals surface area contributed by atoms with E-state index in [1.807, 2.05) is 18.2 Å². The Morgan fingerprint density at radius 1 is 1.33 bits per heavy atom. The van der Waals surface area contributed by atoms with E-state index in [0.29, 0.717) is 17.9 Å². The van der Waals surface area contributed by atoms with E-state index in [-0.39, 0.29) is 12.5 Å². The van der Waals surface area contributed by atoms with Crippen molar-refractivity contribution in [3.8, 4) is 11.8 Å². The van der Waals surface area contributed by atoms with Crippen LogP contribution in [0, 0.1) is 11.3 Å². The maximum absolute atomic E-state index is 12.0. The molecule has 106 valence electrons. The number of aromatic nitrogens is 1. The second kappa shape index (κ2) is 7.06. The van der Waals surface area contributed by atoms with Gasteiger partial charge in [0.1, 0.15) is 11.8 Å². The molecule has 0 saturated heterocycles. The molecule has 1 aromatic heterocycles. The first-order valence-corrected chi connectivity index (χ1v) is 6.45. The largest absolute Gasteiger partial charge is 0.482 e. The maximum atomic E-state index is 12.0. The fourth-order valence-corrected chi connectivity index (χ4v) is 1.79. The standard InChI is InChI=1S/C16H15N3O2/c1-19(11-13-5-4-8-18-10-13)16(20)12-21-15-7-3-2-6-14(15)9-17/h2-8,10H,11-12H2,1H3. The van der Waals surface area contributed by atoms with Crippen LogP contribution >= 0.6 is 0 Å². The van der Waals surface area contributed by atoms with E-state index in [4.69, 9.17) is 10.00 Å². The SMILES string of the molecule is CN(Cc1cccnc1)C(=O)COc1ccccc1C#N. The van der Waals surface area contributed by atoms with Crippen LogP contribution in [0.1, 0.15) is 11.1 Å². The van der Waals surface area contributed by atoms with Crippen molar-refractivity contribution in [2.24, 2.45) is 0 Å². The highest BCUT2D eigenvalue weighted by atomic mass is 16.5. The van der Waals surface area contributed by atoms with Crippen molar-refractivity contribution in [3.05, 3.63) is 59.9 Å². The van der Waals surface area contributed by atoms with E-state index >= 15 is 0 Å². The summed E-state index contributed by atoms with van der Waals surface area (Å²) in [5, 5.41) is 8.96. The summed E-state index contributed by atoms with van der Waals surface area (Å²) in [6, 6.07) is 12.6. The molecule has 0 atom stereocenters. The highest BCUT2D eigenvalue weighted by Crippen LogP contribution is 2.16. The molecule has 0 saturated carbocycles. The van der Waals surface area contributed by atoms with Gasteiger partial charge in [-0.2, -0.15) is 5.26 Å². The Bertz CT molecular complexity index is 650. The lowest BCUT2D eigenvalue weighted by Crippen LogP contribution is -2.31. The first kappa shape index (κ1) is 14.5. The summed E-state index contributed by atoms with van der Waals surface area (Å²) in [4.78, 5) is 17.6. The van der Waals surface area contributed by atoms with Crippen LogP contribution in [0.3, 0.4) is 0 Å². The molecular formula is C16H15N3O2. The Balaban J connectivity index is 1.91. The zero-order valence-corrected chi connectivity index (χ0v) is 11.7. The van der Waals surface area contributed by atoms with Crippen LogP contribution in [0.15, 0.2) is 48.8 Å². The zero-order chi connectivity index (χ0) is 15.1. The van der Waals surface area contributed by atoms with Crippen molar-refractivity contribution in [1.82, 2.24) is 9.88 Å². The van der Waals surface area contributed by atoms with Crippen molar-refractivity contribution in [2.75, 3.05) is 13.7 Å². The fourth-order valence-electron chi connectivity index (χ4n) is 1.79. The monoisotopic (exact) mass is 281 g/mol. The normalized spacial score (nSPS) is 9.71. The van der Waals surface area contributed by atoms with E-state index in [1.165, 1.54) is 0 Å². The van der Waals surface area contributed by atoms with Gasteiger partial charge < -0.3 is 9.64 Å². The minimum atomic E-state index is -0.161. The van der Waals surface area contributed by atoms with Crippen LogP contribution in [0.2, 0.25) is 0 Å². The molecule has 5 heteroatoms. The van der Waals surface area contributed by atoms with Crippen LogP contribution in [-0.2, 0) is 11.3 Å². The molecule has 1 aromatic carbocycles. The summed E-state index contributed by atoms with van der Waals surface area (Å²) >= 11 is 0. The first-order chi connectivity index (χ1) is 10.2. The summed E-state index contributed by atoms with van der Waals surface area (Å²) in [6.45, 7) is 0.366. The molecule has 5 nitrogen and oxygen atoms in total. The van der Waals surface area contributed by atoms with Crippen LogP contribution in [0.25, 0.3) is 0 Å². The van der Waals surface area contributed by atoms with Gasteiger partial charge in [0, 0.05) is 26.0 Å². The van der Waals surface area contributed by atoms with Crippen LogP contribution < -0.4 is 4.74 Å². The molecule has 0 fully saturated rings. The third-order valence-electron chi connectivity index (χ3n) is 2.93. The molecule has 0 radical (unpaired) electrons. The molecule has 21 heavy (non-hydrogen) atoms. The molecule has 1 amide bonds. The third-order valence-corrected chi connectivity index (χ3v) is 2.93. The Kier molecular flexibility index (Phi) is 4.89. The van der Waals surface area contributed by atoms with E-state index in [1.54, 1.807) is 48.6 Å². The van der Waals surface area contributed by atoms with Gasteiger partial charge in [-0.15, -0.1) is 0 Å². The lowest BCUT2D eigenvalue weighted by molar-refractivity contribution is -0.132. The highest BCUT2D eigenvalue weighted by Gasteiger charge is 2.11. The number of likely N-dealkylation sites (N-methyl/N-ethyl adjacent to an activating group) is 1. The molecule has 2 aromatic rings. The number of rotatable bonds is 5. The summed E-state index contributed by atoms with van der Waals surface area (Å²) in [7, 11) is 1.70. The van der Waals surface area contributed by atoms with Gasteiger partial charge in [-0.1, -0.05) is 18.2 Å². The lowest BCUT2D eigenvalue weighted by Gasteiger charge is -2.17. The van der Waals surface area contributed by atoms with Gasteiger partial charge in [-0.25, -0.2) is 0 Å². The fraction of sp³-hybridized carbons (Fsp3) is 0.188. The molecule has 0 N–H and O–H groups in total. The number of pyridine rings is 1. The molecule has 0 aliphatic carbocycles. The summed E-state index contributed by atoms with van der Waals surface area (Å²) in [5.74, 6) is 0.259. The van der Waals surface area contributed by atoms with Crippen molar-refractivity contribution in [1.29, 1.82) is 5.26 Å². The number of benzene rings is 1. The third kappa shape index (κ3) is 4.05. The molecular weight excluding hydrogens is 266 g/mol. The number of carbonyl (C=O) groups is 1. The van der Waals surface area contributed by atoms with E-state index < -0.39 is 0 Å². The average molecular weight is 281 g/mol. The molecule has 1 heterocycles. The van der Waals surface area contributed by atoms with E-state index in [2.05, 4.69) is 4.98 Å². The lowest BCUT2D eigenvalue weighted by atomic mass is 10.2. The van der Waals surface area contributed by atoms with Gasteiger partial charge in [0.25, 0.3) is 5.91 Å². The summed E-state index contributed by atoms with van der Waals surface area (Å²) < 4.78 is 5.42. The zero-order valence-electron chi connectivity index (χ0n) is 11.7. The molecule has 0 aliphatic rings. The van der Waals surface area contributed by atoms with Gasteiger partial charge in [-0.05, 0) is 23.8 Å².